The molecule has 0 fully saturated rings. The Labute approximate surface area is 186 Å². The van der Waals surface area contributed by atoms with Gasteiger partial charge >= 0.3 is 0 Å². The number of benzene rings is 1. The van der Waals surface area contributed by atoms with E-state index >= 15 is 0 Å². The molecule has 1 aliphatic rings. The molecule has 1 atom stereocenters. The fraction of sp³-hybridized carbons (Fsp3) is 0.250. The Bertz CT molecular complexity index is 1070. The maximum Gasteiger partial charge on any atom is 0.277 e. The van der Waals surface area contributed by atoms with E-state index < -0.39 is 5.91 Å². The van der Waals surface area contributed by atoms with Gasteiger partial charge in [0.15, 0.2) is 5.82 Å². The monoisotopic (exact) mass is 446 g/mol. The van der Waals surface area contributed by atoms with Crippen LogP contribution in [0.2, 0.25) is 5.02 Å². The first-order valence-electron chi connectivity index (χ1n) is 8.68. The molecule has 0 aliphatic carbocycles. The Morgan fingerprint density at radius 2 is 2.03 bits per heavy atom. The van der Waals surface area contributed by atoms with E-state index in [1.54, 1.807) is 21.7 Å². The third-order valence-electron chi connectivity index (χ3n) is 4.61. The van der Waals surface area contributed by atoms with Crippen molar-refractivity contribution >= 4 is 48.4 Å². The molecular formula is C20H23ClN6O2S. The lowest BCUT2D eigenvalue weighted by Crippen LogP contribution is -2.43. The number of nitrogens with one attached hydrogen (secondary N) is 1. The Kier molecular flexibility index (Phi) is 7.22. The van der Waals surface area contributed by atoms with Crippen LogP contribution in [0.25, 0.3) is 0 Å². The van der Waals surface area contributed by atoms with Gasteiger partial charge in [-0.15, -0.1) is 0 Å². The number of anilines is 2. The van der Waals surface area contributed by atoms with Crippen LogP contribution in [-0.2, 0) is 0 Å². The maximum absolute atomic E-state index is 13.2. The molecule has 10 heteroatoms. The van der Waals surface area contributed by atoms with Gasteiger partial charge in [-0.2, -0.15) is 18.6 Å². The molecule has 3 heterocycles. The molecule has 8 nitrogen and oxygen atoms in total. The number of rotatable bonds is 3. The summed E-state index contributed by atoms with van der Waals surface area (Å²) in [5, 5.41) is 7.54. The first kappa shape index (κ1) is 23.4. The lowest BCUT2D eigenvalue weighted by molar-refractivity contribution is 0.0939. The lowest BCUT2D eigenvalue weighted by Gasteiger charge is -2.32. The molecule has 0 spiro atoms. The van der Waals surface area contributed by atoms with Crippen LogP contribution in [0.15, 0.2) is 43.0 Å². The number of amides is 2. The second kappa shape index (κ2) is 9.27. The smallest absolute Gasteiger partial charge is 0.277 e. The van der Waals surface area contributed by atoms with Crippen LogP contribution in [0.3, 0.4) is 0 Å². The average Bonchev–Trinajstić information content (AvgIpc) is 3.14. The number of fused-ring (bicyclic) bond motifs is 1. The minimum atomic E-state index is -0.462. The standard InChI is InChI=1S/C19H17ClN6O2.CH4.H2S/c1-11-7-13(3-4-15(11)20)25-10-12(2)26-17(19(25)28)14(8-23-26)18(27)24-16-9-21-5-6-22-16;;/h3-9,12H,10H2,1-2H3,(H,22,24,27);1H4;1H2/t12-;;/m0../s1. The number of carbonyl (C=O) groups is 2. The fourth-order valence-corrected chi connectivity index (χ4v) is 3.31. The quantitative estimate of drug-likeness (QED) is 0.659. The Morgan fingerprint density at radius 3 is 2.70 bits per heavy atom. The van der Waals surface area contributed by atoms with E-state index in [0.717, 1.165) is 11.3 Å². The SMILES string of the molecule is C.Cc1cc(N2C[C@H](C)n3ncc(C(=O)Nc4cnccn4)c3C2=O)ccc1Cl.S. The van der Waals surface area contributed by atoms with Crippen molar-refractivity contribution in [3.8, 4) is 0 Å². The van der Waals surface area contributed by atoms with Gasteiger partial charge in [0.05, 0.1) is 24.0 Å². The second-order valence-electron chi connectivity index (χ2n) is 6.59. The molecule has 2 aromatic heterocycles. The number of carbonyl (C=O) groups excluding carboxylic acids is 2. The summed E-state index contributed by atoms with van der Waals surface area (Å²) < 4.78 is 1.59. The number of halogens is 1. The Hall–Kier alpha value is -2.91. The highest BCUT2D eigenvalue weighted by atomic mass is 35.5. The summed E-state index contributed by atoms with van der Waals surface area (Å²) in [6, 6.07) is 5.32. The molecule has 158 valence electrons. The second-order valence-corrected chi connectivity index (χ2v) is 7.00. The largest absolute Gasteiger partial charge is 0.305 e. The van der Waals surface area contributed by atoms with Crippen molar-refractivity contribution in [3.63, 3.8) is 0 Å². The zero-order valence-corrected chi connectivity index (χ0v) is 17.5. The first-order chi connectivity index (χ1) is 13.5. The molecule has 1 N–H and O–H groups in total. The van der Waals surface area contributed by atoms with Gasteiger partial charge in [0.1, 0.15) is 5.69 Å². The Balaban J connectivity index is 0.00000160. The third kappa shape index (κ3) is 4.17. The van der Waals surface area contributed by atoms with Gasteiger partial charge in [-0.25, -0.2) is 4.98 Å². The molecule has 4 rings (SSSR count). The molecule has 0 unspecified atom stereocenters. The fourth-order valence-electron chi connectivity index (χ4n) is 3.19. The lowest BCUT2D eigenvalue weighted by atomic mass is 10.1. The topological polar surface area (TPSA) is 93.0 Å². The van der Waals surface area contributed by atoms with Crippen molar-refractivity contribution in [3.05, 3.63) is 64.8 Å². The molecule has 3 aromatic rings. The van der Waals surface area contributed by atoms with Crippen LogP contribution >= 0.6 is 25.1 Å². The minimum Gasteiger partial charge on any atom is -0.305 e. The van der Waals surface area contributed by atoms with Crippen LogP contribution in [0, 0.1) is 6.92 Å². The van der Waals surface area contributed by atoms with Crippen LogP contribution in [0.5, 0.6) is 0 Å². The molecule has 1 aliphatic heterocycles. The molecule has 1 aromatic carbocycles. The summed E-state index contributed by atoms with van der Waals surface area (Å²) in [6.07, 6.45) is 5.82. The molecule has 0 saturated heterocycles. The predicted molar refractivity (Wildman–Crippen MR) is 122 cm³/mol. The zero-order valence-electron chi connectivity index (χ0n) is 15.8. The first-order valence-corrected chi connectivity index (χ1v) is 9.06. The van der Waals surface area contributed by atoms with Crippen LogP contribution in [0.4, 0.5) is 11.5 Å². The highest BCUT2D eigenvalue weighted by Crippen LogP contribution is 2.30. The molecule has 2 amide bonds. The normalized spacial score (nSPS) is 15.0. The molecule has 30 heavy (non-hydrogen) atoms. The predicted octanol–water partition coefficient (Wildman–Crippen LogP) is 3.86. The van der Waals surface area contributed by atoms with Crippen molar-refractivity contribution in [2.45, 2.75) is 27.3 Å². The van der Waals surface area contributed by atoms with Crippen LogP contribution in [-0.4, -0.2) is 38.1 Å². The molecular weight excluding hydrogens is 424 g/mol. The third-order valence-corrected chi connectivity index (χ3v) is 5.03. The van der Waals surface area contributed by atoms with E-state index in [1.165, 1.54) is 24.8 Å². The molecule has 0 bridgehead atoms. The van der Waals surface area contributed by atoms with Gasteiger partial charge in [0.2, 0.25) is 0 Å². The minimum absolute atomic E-state index is 0. The van der Waals surface area contributed by atoms with Gasteiger partial charge in [-0.05, 0) is 37.6 Å². The Morgan fingerprint density at radius 1 is 1.27 bits per heavy atom. The summed E-state index contributed by atoms with van der Waals surface area (Å²) in [7, 11) is 0. The van der Waals surface area contributed by atoms with Crippen LogP contribution in [0.1, 0.15) is 46.8 Å². The summed E-state index contributed by atoms with van der Waals surface area (Å²) in [4.78, 5) is 35.5. The van der Waals surface area contributed by atoms with Crippen molar-refractivity contribution in [2.24, 2.45) is 0 Å². The highest BCUT2D eigenvalue weighted by Gasteiger charge is 2.35. The van der Waals surface area contributed by atoms with Gasteiger partial charge in [0.25, 0.3) is 11.8 Å². The van der Waals surface area contributed by atoms with E-state index in [4.69, 9.17) is 11.6 Å². The number of nitrogens with zero attached hydrogens (tertiary/aromatic N) is 5. The highest BCUT2D eigenvalue weighted by molar-refractivity contribution is 7.59. The number of hydrogen-bond donors (Lipinski definition) is 1. The average molecular weight is 447 g/mol. The van der Waals surface area contributed by atoms with Crippen molar-refractivity contribution in [1.29, 1.82) is 0 Å². The van der Waals surface area contributed by atoms with Crippen molar-refractivity contribution in [1.82, 2.24) is 19.7 Å². The number of hydrogen-bond acceptors (Lipinski definition) is 5. The van der Waals surface area contributed by atoms with E-state index in [2.05, 4.69) is 20.4 Å². The summed E-state index contributed by atoms with van der Waals surface area (Å²) >= 11 is 6.11. The van der Waals surface area contributed by atoms with Gasteiger partial charge < -0.3 is 10.2 Å². The van der Waals surface area contributed by atoms with E-state index in [-0.39, 0.29) is 44.1 Å². The molecule has 0 saturated carbocycles. The molecule has 0 radical (unpaired) electrons. The number of aryl methyl sites for hydroxylation is 1. The van der Waals surface area contributed by atoms with Gasteiger partial charge in [0, 0.05) is 29.6 Å². The van der Waals surface area contributed by atoms with Gasteiger partial charge in [-0.3, -0.25) is 19.3 Å². The van der Waals surface area contributed by atoms with E-state index in [1.807, 2.05) is 19.9 Å². The van der Waals surface area contributed by atoms with Gasteiger partial charge in [-0.1, -0.05) is 19.0 Å². The van der Waals surface area contributed by atoms with Crippen molar-refractivity contribution in [2.75, 3.05) is 16.8 Å². The zero-order chi connectivity index (χ0) is 19.8. The van der Waals surface area contributed by atoms with Crippen molar-refractivity contribution < 1.29 is 9.59 Å². The number of aromatic nitrogens is 4. The van der Waals surface area contributed by atoms with Crippen LogP contribution < -0.4 is 10.2 Å². The summed E-state index contributed by atoms with van der Waals surface area (Å²) in [5.74, 6) is -0.452. The summed E-state index contributed by atoms with van der Waals surface area (Å²) in [5.41, 5.74) is 2.04. The van der Waals surface area contributed by atoms with E-state index in [0.29, 0.717) is 17.4 Å². The maximum atomic E-state index is 13.2. The van der Waals surface area contributed by atoms with E-state index in [9.17, 15) is 9.59 Å². The summed E-state index contributed by atoms with van der Waals surface area (Å²) in [6.45, 7) is 4.27.